The fourth-order valence-electron chi connectivity index (χ4n) is 3.50. The first kappa shape index (κ1) is 18.0. The lowest BCUT2D eigenvalue weighted by molar-refractivity contribution is -0.0613. The monoisotopic (exact) mass is 292 g/mol. The van der Waals surface area contributed by atoms with Gasteiger partial charge in [0.05, 0.1) is 0 Å². The molecule has 0 spiro atoms. The van der Waals surface area contributed by atoms with Gasteiger partial charge in [0.25, 0.3) is 0 Å². The van der Waals surface area contributed by atoms with Gasteiger partial charge in [0, 0.05) is 6.61 Å². The maximum atomic E-state index is 5.74. The van der Waals surface area contributed by atoms with Crippen LogP contribution in [0, 0.1) is 10.8 Å². The van der Waals surface area contributed by atoms with Crippen LogP contribution >= 0.6 is 0 Å². The van der Waals surface area contributed by atoms with Crippen LogP contribution in [0.3, 0.4) is 0 Å². The highest BCUT2D eigenvalue weighted by Crippen LogP contribution is 2.47. The van der Waals surface area contributed by atoms with Crippen molar-refractivity contribution in [2.45, 2.75) is 67.6 Å². The Morgan fingerprint density at radius 1 is 0.905 bits per heavy atom. The van der Waals surface area contributed by atoms with E-state index in [1.807, 2.05) is 13.8 Å². The van der Waals surface area contributed by atoms with Gasteiger partial charge in [0.1, 0.15) is 5.75 Å². The van der Waals surface area contributed by atoms with Crippen molar-refractivity contribution in [3.8, 4) is 5.75 Å². The van der Waals surface area contributed by atoms with Crippen molar-refractivity contribution < 1.29 is 9.47 Å². The molecule has 21 heavy (non-hydrogen) atoms. The zero-order valence-electron chi connectivity index (χ0n) is 15.0. The molecule has 0 saturated heterocycles. The lowest BCUT2D eigenvalue weighted by Gasteiger charge is -2.41. The molecule has 1 atom stereocenters. The highest BCUT2D eigenvalue weighted by molar-refractivity contribution is 5.31. The summed E-state index contributed by atoms with van der Waals surface area (Å²) >= 11 is 0. The summed E-state index contributed by atoms with van der Waals surface area (Å²) in [6.45, 7) is 18.4. The Kier molecular flexibility index (Phi) is 5.86. The van der Waals surface area contributed by atoms with Gasteiger partial charge in [-0.05, 0) is 48.3 Å². The SMILES string of the molecule is CCOC(C)Oc1ccc(C(C(C)(C)C)C(C)(C)C)cc1. The van der Waals surface area contributed by atoms with Gasteiger partial charge in [-0.3, -0.25) is 0 Å². The van der Waals surface area contributed by atoms with E-state index in [1.165, 1.54) is 5.56 Å². The molecule has 120 valence electrons. The smallest absolute Gasteiger partial charge is 0.196 e. The maximum absolute atomic E-state index is 5.74. The van der Waals surface area contributed by atoms with Crippen molar-refractivity contribution in [1.82, 2.24) is 0 Å². The normalized spacial score (nSPS) is 14.3. The van der Waals surface area contributed by atoms with Crippen LogP contribution in [0.15, 0.2) is 24.3 Å². The molecule has 0 amide bonds. The molecule has 0 aliphatic carbocycles. The Morgan fingerprint density at radius 3 is 1.76 bits per heavy atom. The number of hydrogen-bond acceptors (Lipinski definition) is 2. The second-order valence-corrected chi connectivity index (χ2v) is 7.87. The Labute approximate surface area is 130 Å². The third-order valence-electron chi connectivity index (χ3n) is 3.65. The summed E-state index contributed by atoms with van der Waals surface area (Å²) < 4.78 is 11.1. The van der Waals surface area contributed by atoms with E-state index in [-0.39, 0.29) is 17.1 Å². The third-order valence-corrected chi connectivity index (χ3v) is 3.65. The average Bonchev–Trinajstić information content (AvgIpc) is 2.28. The predicted octanol–water partition coefficient (Wildman–Crippen LogP) is 5.62. The van der Waals surface area contributed by atoms with Crippen molar-refractivity contribution >= 4 is 0 Å². The molecule has 0 aliphatic heterocycles. The maximum Gasteiger partial charge on any atom is 0.196 e. The summed E-state index contributed by atoms with van der Waals surface area (Å²) in [6, 6.07) is 8.48. The van der Waals surface area contributed by atoms with E-state index in [9.17, 15) is 0 Å². The van der Waals surface area contributed by atoms with E-state index in [1.54, 1.807) is 0 Å². The standard InChI is InChI=1S/C19H32O2/c1-9-20-14(2)21-16-12-10-15(11-13-16)17(18(3,4)5)19(6,7)8/h10-14,17H,9H2,1-8H3. The minimum absolute atomic E-state index is 0.207. The number of rotatable bonds is 5. The van der Waals surface area contributed by atoms with Crippen LogP contribution in [0.25, 0.3) is 0 Å². The minimum Gasteiger partial charge on any atom is -0.465 e. The Hall–Kier alpha value is -1.02. The van der Waals surface area contributed by atoms with Crippen LogP contribution in [-0.4, -0.2) is 12.9 Å². The van der Waals surface area contributed by atoms with Crippen molar-refractivity contribution in [3.63, 3.8) is 0 Å². The lowest BCUT2D eigenvalue weighted by atomic mass is 9.64. The summed E-state index contributed by atoms with van der Waals surface area (Å²) in [5.41, 5.74) is 1.81. The Bertz CT molecular complexity index is 406. The van der Waals surface area contributed by atoms with Gasteiger partial charge in [-0.25, -0.2) is 0 Å². The van der Waals surface area contributed by atoms with Gasteiger partial charge in [-0.1, -0.05) is 53.7 Å². The average molecular weight is 292 g/mol. The van der Waals surface area contributed by atoms with E-state index in [4.69, 9.17) is 9.47 Å². The van der Waals surface area contributed by atoms with E-state index in [0.29, 0.717) is 12.5 Å². The Morgan fingerprint density at radius 2 is 1.38 bits per heavy atom. The van der Waals surface area contributed by atoms with E-state index < -0.39 is 0 Å². The van der Waals surface area contributed by atoms with Crippen LogP contribution < -0.4 is 4.74 Å². The van der Waals surface area contributed by atoms with E-state index in [2.05, 4.69) is 65.8 Å². The molecule has 1 aromatic rings. The van der Waals surface area contributed by atoms with Gasteiger partial charge in [0.15, 0.2) is 6.29 Å². The fraction of sp³-hybridized carbons (Fsp3) is 0.684. The zero-order chi connectivity index (χ0) is 16.3. The first-order valence-electron chi connectivity index (χ1n) is 7.94. The van der Waals surface area contributed by atoms with Crippen molar-refractivity contribution in [1.29, 1.82) is 0 Å². The van der Waals surface area contributed by atoms with E-state index >= 15 is 0 Å². The molecule has 2 nitrogen and oxygen atoms in total. The van der Waals surface area contributed by atoms with Crippen LogP contribution in [0.1, 0.15) is 66.9 Å². The zero-order valence-corrected chi connectivity index (χ0v) is 15.0. The minimum atomic E-state index is -0.207. The highest BCUT2D eigenvalue weighted by Gasteiger charge is 2.35. The van der Waals surface area contributed by atoms with Crippen LogP contribution in [0.4, 0.5) is 0 Å². The molecule has 0 fully saturated rings. The highest BCUT2D eigenvalue weighted by atomic mass is 16.7. The molecule has 0 N–H and O–H groups in total. The van der Waals surface area contributed by atoms with Gasteiger partial charge in [-0.2, -0.15) is 0 Å². The summed E-state index contributed by atoms with van der Waals surface area (Å²) in [5.74, 6) is 1.35. The summed E-state index contributed by atoms with van der Waals surface area (Å²) in [7, 11) is 0. The molecule has 1 rings (SSSR count). The molecule has 2 heteroatoms. The Balaban J connectivity index is 2.94. The van der Waals surface area contributed by atoms with Crippen LogP contribution in [0.5, 0.6) is 5.75 Å². The number of ether oxygens (including phenoxy) is 2. The molecule has 0 aliphatic rings. The molecule has 1 unspecified atom stereocenters. The van der Waals surface area contributed by atoms with Crippen molar-refractivity contribution in [2.24, 2.45) is 10.8 Å². The second-order valence-electron chi connectivity index (χ2n) is 7.87. The predicted molar refractivity (Wildman–Crippen MR) is 89.8 cm³/mol. The van der Waals surface area contributed by atoms with Crippen molar-refractivity contribution in [3.05, 3.63) is 29.8 Å². The quantitative estimate of drug-likeness (QED) is 0.655. The summed E-state index contributed by atoms with van der Waals surface area (Å²) in [6.07, 6.45) is -0.207. The van der Waals surface area contributed by atoms with Gasteiger partial charge in [0.2, 0.25) is 0 Å². The molecule has 1 aromatic carbocycles. The third kappa shape index (κ3) is 5.35. The van der Waals surface area contributed by atoms with E-state index in [0.717, 1.165) is 5.75 Å². The topological polar surface area (TPSA) is 18.5 Å². The lowest BCUT2D eigenvalue weighted by Crippen LogP contribution is -2.30. The molecule has 0 saturated carbocycles. The molecular formula is C19H32O2. The summed E-state index contributed by atoms with van der Waals surface area (Å²) in [5, 5.41) is 0. The summed E-state index contributed by atoms with van der Waals surface area (Å²) in [4.78, 5) is 0. The second kappa shape index (κ2) is 6.83. The van der Waals surface area contributed by atoms with Crippen molar-refractivity contribution in [2.75, 3.05) is 6.61 Å². The molecule has 0 aromatic heterocycles. The van der Waals surface area contributed by atoms with Crippen LogP contribution in [-0.2, 0) is 4.74 Å². The molecule has 0 heterocycles. The fourth-order valence-corrected chi connectivity index (χ4v) is 3.50. The van der Waals surface area contributed by atoms with Crippen LogP contribution in [0.2, 0.25) is 0 Å². The van der Waals surface area contributed by atoms with Gasteiger partial charge in [-0.15, -0.1) is 0 Å². The molecular weight excluding hydrogens is 260 g/mol. The number of benzene rings is 1. The molecule has 0 bridgehead atoms. The number of hydrogen-bond donors (Lipinski definition) is 0. The van der Waals surface area contributed by atoms with Gasteiger partial charge >= 0.3 is 0 Å². The first-order chi connectivity index (χ1) is 9.55. The first-order valence-corrected chi connectivity index (χ1v) is 7.94. The van der Waals surface area contributed by atoms with Gasteiger partial charge < -0.3 is 9.47 Å². The largest absolute Gasteiger partial charge is 0.465 e. The molecule has 0 radical (unpaired) electrons.